The molecule has 0 fully saturated rings. The number of hydrogen-bond acceptors (Lipinski definition) is 4. The van der Waals surface area contributed by atoms with E-state index in [-0.39, 0.29) is 18.0 Å². The Balaban J connectivity index is 2.00. The van der Waals surface area contributed by atoms with Crippen LogP contribution < -0.4 is 10.1 Å². The minimum absolute atomic E-state index is 0.0271. The van der Waals surface area contributed by atoms with E-state index >= 15 is 0 Å². The van der Waals surface area contributed by atoms with Crippen LogP contribution in [0.1, 0.15) is 5.56 Å². The van der Waals surface area contributed by atoms with Gasteiger partial charge in [0.15, 0.2) is 12.4 Å². The van der Waals surface area contributed by atoms with Gasteiger partial charge in [-0.3, -0.25) is 14.9 Å². The Morgan fingerprint density at radius 1 is 1.27 bits per heavy atom. The summed E-state index contributed by atoms with van der Waals surface area (Å²) in [6.07, 6.45) is 0. The first-order valence-electron chi connectivity index (χ1n) is 6.39. The van der Waals surface area contributed by atoms with Gasteiger partial charge in [-0.15, -0.1) is 0 Å². The van der Waals surface area contributed by atoms with Crippen molar-refractivity contribution in [3.63, 3.8) is 0 Å². The summed E-state index contributed by atoms with van der Waals surface area (Å²) in [4.78, 5) is 22.1. The molecule has 2 aromatic carbocycles. The van der Waals surface area contributed by atoms with E-state index in [1.807, 2.05) is 0 Å². The largest absolute Gasteiger partial charge is 0.477 e. The first-order chi connectivity index (χ1) is 10.5. The average Bonchev–Trinajstić information content (AvgIpc) is 2.47. The number of nitrogens with one attached hydrogen (secondary N) is 1. The van der Waals surface area contributed by atoms with E-state index in [0.29, 0.717) is 5.69 Å². The molecule has 0 saturated carbocycles. The Bertz CT molecular complexity index is 701. The maximum absolute atomic E-state index is 12.8. The topological polar surface area (TPSA) is 81.5 Å². The Hall–Kier alpha value is -2.96. The van der Waals surface area contributed by atoms with E-state index in [1.165, 1.54) is 36.4 Å². The highest BCUT2D eigenvalue weighted by Gasteiger charge is 2.16. The summed E-state index contributed by atoms with van der Waals surface area (Å²) < 4.78 is 18.0. The van der Waals surface area contributed by atoms with Crippen molar-refractivity contribution >= 4 is 17.3 Å². The number of aryl methyl sites for hydroxylation is 1. The Kier molecular flexibility index (Phi) is 4.67. The molecule has 0 bridgehead atoms. The van der Waals surface area contributed by atoms with Crippen molar-refractivity contribution in [2.45, 2.75) is 6.92 Å². The molecule has 7 heteroatoms. The monoisotopic (exact) mass is 304 g/mol. The molecule has 114 valence electrons. The number of benzene rings is 2. The average molecular weight is 304 g/mol. The van der Waals surface area contributed by atoms with Crippen LogP contribution in [0.3, 0.4) is 0 Å². The van der Waals surface area contributed by atoms with E-state index in [4.69, 9.17) is 4.74 Å². The SMILES string of the molecule is Cc1ccc([N+](=O)[O-])c(OCC(=O)Nc2ccc(F)cc2)c1. The number of rotatable bonds is 5. The van der Waals surface area contributed by atoms with Crippen LogP contribution >= 0.6 is 0 Å². The van der Waals surface area contributed by atoms with Crippen LogP contribution in [0.5, 0.6) is 5.75 Å². The number of hydrogen-bond donors (Lipinski definition) is 1. The van der Waals surface area contributed by atoms with Crippen LogP contribution in [0.15, 0.2) is 42.5 Å². The van der Waals surface area contributed by atoms with E-state index in [1.54, 1.807) is 13.0 Å². The molecule has 0 spiro atoms. The summed E-state index contributed by atoms with van der Waals surface area (Å²) in [6.45, 7) is 1.37. The van der Waals surface area contributed by atoms with Crippen molar-refractivity contribution in [3.05, 3.63) is 64.0 Å². The third-order valence-corrected chi connectivity index (χ3v) is 2.80. The third-order valence-electron chi connectivity index (χ3n) is 2.80. The van der Waals surface area contributed by atoms with Gasteiger partial charge in [0.25, 0.3) is 5.91 Å². The molecule has 6 nitrogen and oxygen atoms in total. The predicted octanol–water partition coefficient (Wildman–Crippen LogP) is 3.06. The number of carbonyl (C=O) groups excluding carboxylic acids is 1. The molecule has 0 unspecified atom stereocenters. The molecular weight excluding hydrogens is 291 g/mol. The number of anilines is 1. The number of nitro groups is 1. The number of halogens is 1. The van der Waals surface area contributed by atoms with Crippen LogP contribution in [0.4, 0.5) is 15.8 Å². The summed E-state index contributed by atoms with van der Waals surface area (Å²) in [5, 5.41) is 13.4. The number of carbonyl (C=O) groups is 1. The van der Waals surface area contributed by atoms with Gasteiger partial charge in [-0.05, 0) is 42.8 Å². The lowest BCUT2D eigenvalue weighted by atomic mass is 10.2. The lowest BCUT2D eigenvalue weighted by molar-refractivity contribution is -0.385. The maximum atomic E-state index is 12.8. The molecule has 0 aromatic heterocycles. The molecule has 2 rings (SSSR count). The van der Waals surface area contributed by atoms with Gasteiger partial charge in [0, 0.05) is 11.8 Å². The molecule has 0 aliphatic heterocycles. The van der Waals surface area contributed by atoms with Gasteiger partial charge in [0.05, 0.1) is 4.92 Å². The fourth-order valence-electron chi connectivity index (χ4n) is 1.76. The molecule has 1 N–H and O–H groups in total. The predicted molar refractivity (Wildman–Crippen MR) is 78.4 cm³/mol. The number of amides is 1. The van der Waals surface area contributed by atoms with Gasteiger partial charge in [-0.2, -0.15) is 0 Å². The second-order valence-corrected chi connectivity index (χ2v) is 4.57. The highest BCUT2D eigenvalue weighted by atomic mass is 19.1. The summed E-state index contributed by atoms with van der Waals surface area (Å²) in [7, 11) is 0. The molecule has 0 saturated heterocycles. The summed E-state index contributed by atoms with van der Waals surface area (Å²) >= 11 is 0. The normalized spacial score (nSPS) is 10.1. The molecular formula is C15H13FN2O4. The molecule has 0 aliphatic rings. The standard InChI is InChI=1S/C15H13FN2O4/c1-10-2-7-13(18(20)21)14(8-10)22-9-15(19)17-12-5-3-11(16)4-6-12/h2-8H,9H2,1H3,(H,17,19). The van der Waals surface area contributed by atoms with Gasteiger partial charge in [0.2, 0.25) is 0 Å². The maximum Gasteiger partial charge on any atom is 0.310 e. The Morgan fingerprint density at radius 2 is 1.95 bits per heavy atom. The summed E-state index contributed by atoms with van der Waals surface area (Å²) in [5.74, 6) is -0.883. The Morgan fingerprint density at radius 3 is 2.59 bits per heavy atom. The first kappa shape index (κ1) is 15.4. The number of nitro benzene ring substituents is 1. The number of nitrogens with zero attached hydrogens (tertiary/aromatic N) is 1. The second-order valence-electron chi connectivity index (χ2n) is 4.57. The fourth-order valence-corrected chi connectivity index (χ4v) is 1.76. The molecule has 0 heterocycles. The smallest absolute Gasteiger partial charge is 0.310 e. The molecule has 2 aromatic rings. The minimum atomic E-state index is -0.577. The fraction of sp³-hybridized carbons (Fsp3) is 0.133. The lowest BCUT2D eigenvalue weighted by Crippen LogP contribution is -2.20. The summed E-state index contributed by atoms with van der Waals surface area (Å²) in [6, 6.07) is 9.63. The zero-order valence-electron chi connectivity index (χ0n) is 11.7. The lowest BCUT2D eigenvalue weighted by Gasteiger charge is -2.08. The molecule has 22 heavy (non-hydrogen) atoms. The Labute approximate surface area is 125 Å². The van der Waals surface area contributed by atoms with Gasteiger partial charge < -0.3 is 10.1 Å². The van der Waals surface area contributed by atoms with Crippen LogP contribution in [-0.2, 0) is 4.79 Å². The molecule has 1 amide bonds. The van der Waals surface area contributed by atoms with Gasteiger partial charge in [0.1, 0.15) is 5.82 Å². The molecule has 0 radical (unpaired) electrons. The van der Waals surface area contributed by atoms with Crippen LogP contribution in [0.25, 0.3) is 0 Å². The van der Waals surface area contributed by atoms with E-state index in [2.05, 4.69) is 5.32 Å². The molecule has 0 aliphatic carbocycles. The second kappa shape index (κ2) is 6.66. The van der Waals surface area contributed by atoms with Crippen LogP contribution in [0.2, 0.25) is 0 Å². The van der Waals surface area contributed by atoms with Crippen molar-refractivity contribution in [3.8, 4) is 5.75 Å². The van der Waals surface area contributed by atoms with E-state index in [0.717, 1.165) is 5.56 Å². The zero-order chi connectivity index (χ0) is 16.1. The summed E-state index contributed by atoms with van der Waals surface area (Å²) in [5.41, 5.74) is 0.980. The van der Waals surface area contributed by atoms with Crippen LogP contribution in [0, 0.1) is 22.9 Å². The van der Waals surface area contributed by atoms with Gasteiger partial charge in [-0.25, -0.2) is 4.39 Å². The van der Waals surface area contributed by atoms with E-state index in [9.17, 15) is 19.3 Å². The van der Waals surface area contributed by atoms with Crippen molar-refractivity contribution < 1.29 is 18.8 Å². The number of ether oxygens (including phenoxy) is 1. The third kappa shape index (κ3) is 4.02. The van der Waals surface area contributed by atoms with Crippen molar-refractivity contribution in [2.24, 2.45) is 0 Å². The van der Waals surface area contributed by atoms with Crippen LogP contribution in [-0.4, -0.2) is 17.4 Å². The highest BCUT2D eigenvalue weighted by molar-refractivity contribution is 5.91. The minimum Gasteiger partial charge on any atom is -0.477 e. The van der Waals surface area contributed by atoms with Crippen molar-refractivity contribution in [2.75, 3.05) is 11.9 Å². The van der Waals surface area contributed by atoms with Crippen molar-refractivity contribution in [1.82, 2.24) is 0 Å². The van der Waals surface area contributed by atoms with Crippen molar-refractivity contribution in [1.29, 1.82) is 0 Å². The molecule has 0 atom stereocenters. The first-order valence-corrected chi connectivity index (χ1v) is 6.39. The van der Waals surface area contributed by atoms with Gasteiger partial charge >= 0.3 is 5.69 Å². The highest BCUT2D eigenvalue weighted by Crippen LogP contribution is 2.27. The quantitative estimate of drug-likeness (QED) is 0.680. The van der Waals surface area contributed by atoms with E-state index < -0.39 is 16.6 Å². The van der Waals surface area contributed by atoms with Gasteiger partial charge in [-0.1, -0.05) is 6.07 Å². The zero-order valence-corrected chi connectivity index (χ0v) is 11.7.